The monoisotopic (exact) mass is 410 g/mol. The molecular weight excluding hydrogens is 390 g/mol. The lowest BCUT2D eigenvalue weighted by Gasteiger charge is -2.12. The molecule has 0 bridgehead atoms. The molecule has 0 aliphatic carbocycles. The third-order valence-corrected chi connectivity index (χ3v) is 5.68. The molecule has 2 aromatic heterocycles. The van der Waals surface area contributed by atoms with Gasteiger partial charge in [-0.3, -0.25) is 4.98 Å². The second-order valence-corrected chi connectivity index (χ2v) is 7.89. The van der Waals surface area contributed by atoms with Gasteiger partial charge in [0.25, 0.3) is 6.43 Å². The number of nitrogens with two attached hydrogens (primary N) is 1. The van der Waals surface area contributed by atoms with Gasteiger partial charge in [-0.15, -0.1) is 0 Å². The van der Waals surface area contributed by atoms with E-state index in [9.17, 15) is 8.78 Å². The van der Waals surface area contributed by atoms with E-state index >= 15 is 0 Å². The average Bonchev–Trinajstić information content (AvgIpc) is 3.21. The van der Waals surface area contributed by atoms with Crippen molar-refractivity contribution in [2.75, 3.05) is 11.9 Å². The van der Waals surface area contributed by atoms with Gasteiger partial charge in [0.1, 0.15) is 0 Å². The number of hydrogen-bond acceptors (Lipinski definition) is 5. The fourth-order valence-electron chi connectivity index (χ4n) is 3.12. The summed E-state index contributed by atoms with van der Waals surface area (Å²) in [6, 6.07) is 14.4. The predicted octanol–water partition coefficient (Wildman–Crippen LogP) is 5.28. The van der Waals surface area contributed by atoms with Gasteiger partial charge in [0.15, 0.2) is 5.13 Å². The van der Waals surface area contributed by atoms with E-state index in [1.807, 2.05) is 18.5 Å². The second-order valence-electron chi connectivity index (χ2n) is 6.85. The molecule has 7 heteroatoms. The van der Waals surface area contributed by atoms with E-state index in [4.69, 9.17) is 5.73 Å². The summed E-state index contributed by atoms with van der Waals surface area (Å²) in [5.41, 5.74) is 8.27. The molecule has 0 radical (unpaired) electrons. The normalized spacial score (nSPS) is 12.4. The molecule has 148 valence electrons. The van der Waals surface area contributed by atoms with Crippen LogP contribution in [0.15, 0.2) is 67.1 Å². The number of hydrogen-bond donors (Lipinski definition) is 2. The molecule has 0 fully saturated rings. The van der Waals surface area contributed by atoms with Crippen molar-refractivity contribution in [3.05, 3.63) is 78.2 Å². The molecule has 0 aliphatic rings. The Labute approximate surface area is 171 Å². The van der Waals surface area contributed by atoms with Crippen molar-refractivity contribution in [2.24, 2.45) is 5.73 Å². The number of halogens is 2. The number of fused-ring (bicyclic) bond motifs is 1. The SMILES string of the molecule is N[C@H](CNc1ncc(-c2ccc3cnccc3c2)s1)Cc1ccc(C(F)F)cc1. The number of pyridine rings is 1. The Morgan fingerprint density at radius 1 is 1.00 bits per heavy atom. The van der Waals surface area contributed by atoms with Crippen LogP contribution in [-0.4, -0.2) is 22.6 Å². The largest absolute Gasteiger partial charge is 0.360 e. The van der Waals surface area contributed by atoms with Crippen LogP contribution in [0.2, 0.25) is 0 Å². The van der Waals surface area contributed by atoms with Crippen LogP contribution in [0, 0.1) is 0 Å². The Bertz CT molecular complexity index is 1100. The van der Waals surface area contributed by atoms with E-state index in [0.717, 1.165) is 31.9 Å². The van der Waals surface area contributed by atoms with Gasteiger partial charge < -0.3 is 11.1 Å². The second kappa shape index (κ2) is 8.63. The molecule has 0 amide bonds. The van der Waals surface area contributed by atoms with Crippen molar-refractivity contribution in [1.82, 2.24) is 9.97 Å². The first-order valence-corrected chi connectivity index (χ1v) is 10.1. The number of thiazole rings is 1. The maximum atomic E-state index is 12.6. The Morgan fingerprint density at radius 2 is 1.83 bits per heavy atom. The van der Waals surface area contributed by atoms with Crippen LogP contribution in [0.3, 0.4) is 0 Å². The number of anilines is 1. The Kier molecular flexibility index (Phi) is 5.78. The number of nitrogens with one attached hydrogen (secondary N) is 1. The Morgan fingerprint density at radius 3 is 2.62 bits per heavy atom. The molecule has 29 heavy (non-hydrogen) atoms. The van der Waals surface area contributed by atoms with Gasteiger partial charge in [0, 0.05) is 42.1 Å². The summed E-state index contributed by atoms with van der Waals surface area (Å²) in [6.07, 6.45) is 3.64. The van der Waals surface area contributed by atoms with Crippen LogP contribution < -0.4 is 11.1 Å². The maximum absolute atomic E-state index is 12.6. The predicted molar refractivity (Wildman–Crippen MR) is 114 cm³/mol. The van der Waals surface area contributed by atoms with Gasteiger partial charge in [0.05, 0.1) is 4.88 Å². The van der Waals surface area contributed by atoms with Gasteiger partial charge in [-0.05, 0) is 35.1 Å². The minimum Gasteiger partial charge on any atom is -0.360 e. The minimum atomic E-state index is -2.45. The smallest absolute Gasteiger partial charge is 0.263 e. The van der Waals surface area contributed by atoms with Crippen molar-refractivity contribution in [3.8, 4) is 10.4 Å². The van der Waals surface area contributed by atoms with Crippen molar-refractivity contribution < 1.29 is 8.78 Å². The summed E-state index contributed by atoms with van der Waals surface area (Å²) in [5.74, 6) is 0. The summed E-state index contributed by atoms with van der Waals surface area (Å²) >= 11 is 1.57. The van der Waals surface area contributed by atoms with Crippen LogP contribution in [0.25, 0.3) is 21.2 Å². The van der Waals surface area contributed by atoms with Crippen molar-refractivity contribution in [1.29, 1.82) is 0 Å². The fourth-order valence-corrected chi connectivity index (χ4v) is 3.94. The molecule has 0 spiro atoms. The topological polar surface area (TPSA) is 63.8 Å². The lowest BCUT2D eigenvalue weighted by Crippen LogP contribution is -2.31. The number of rotatable bonds is 7. The van der Waals surface area contributed by atoms with Crippen LogP contribution in [0.5, 0.6) is 0 Å². The van der Waals surface area contributed by atoms with Gasteiger partial charge in [-0.2, -0.15) is 0 Å². The summed E-state index contributed by atoms with van der Waals surface area (Å²) in [4.78, 5) is 9.65. The summed E-state index contributed by atoms with van der Waals surface area (Å²) in [6.45, 7) is 0.549. The first-order valence-electron chi connectivity index (χ1n) is 9.25. The zero-order valence-corrected chi connectivity index (χ0v) is 16.4. The minimum absolute atomic E-state index is 0.0284. The maximum Gasteiger partial charge on any atom is 0.263 e. The highest BCUT2D eigenvalue weighted by Gasteiger charge is 2.10. The molecule has 0 unspecified atom stereocenters. The van der Waals surface area contributed by atoms with Crippen LogP contribution in [-0.2, 0) is 6.42 Å². The standard InChI is InChI=1S/C22H20F2N4S/c23-21(24)15-3-1-14(2-4-15)9-19(25)12-27-22-28-13-20(29-22)17-5-6-18-11-26-8-7-16(18)10-17/h1-8,10-11,13,19,21H,9,12,25H2,(H,27,28)/t19-/m0/s1. The molecule has 4 rings (SSSR count). The van der Waals surface area contributed by atoms with Crippen molar-refractivity contribution in [2.45, 2.75) is 18.9 Å². The number of nitrogens with zero attached hydrogens (tertiary/aromatic N) is 2. The molecule has 4 aromatic rings. The van der Waals surface area contributed by atoms with E-state index in [1.165, 1.54) is 12.1 Å². The summed E-state index contributed by atoms with van der Waals surface area (Å²) < 4.78 is 25.3. The summed E-state index contributed by atoms with van der Waals surface area (Å²) in [5, 5.41) is 6.32. The van der Waals surface area contributed by atoms with Crippen LogP contribution in [0.1, 0.15) is 17.6 Å². The van der Waals surface area contributed by atoms with Gasteiger partial charge >= 0.3 is 0 Å². The molecule has 4 nitrogen and oxygen atoms in total. The van der Waals surface area contributed by atoms with E-state index in [0.29, 0.717) is 13.0 Å². The number of benzene rings is 2. The lowest BCUT2D eigenvalue weighted by atomic mass is 10.0. The molecule has 2 aromatic carbocycles. The third kappa shape index (κ3) is 4.75. The van der Waals surface area contributed by atoms with E-state index in [-0.39, 0.29) is 11.6 Å². The fraction of sp³-hybridized carbons (Fsp3) is 0.182. The van der Waals surface area contributed by atoms with Crippen LogP contribution >= 0.6 is 11.3 Å². The molecule has 0 saturated heterocycles. The Hall–Kier alpha value is -2.90. The van der Waals surface area contributed by atoms with Gasteiger partial charge in [-0.1, -0.05) is 47.7 Å². The highest BCUT2D eigenvalue weighted by Crippen LogP contribution is 2.31. The van der Waals surface area contributed by atoms with E-state index in [2.05, 4.69) is 33.5 Å². The van der Waals surface area contributed by atoms with Crippen molar-refractivity contribution in [3.63, 3.8) is 0 Å². The summed E-state index contributed by atoms with van der Waals surface area (Å²) in [7, 11) is 0. The molecule has 0 aliphatic heterocycles. The van der Waals surface area contributed by atoms with E-state index < -0.39 is 6.43 Å². The average molecular weight is 410 g/mol. The third-order valence-electron chi connectivity index (χ3n) is 4.68. The highest BCUT2D eigenvalue weighted by atomic mass is 32.1. The first-order chi connectivity index (χ1) is 14.1. The lowest BCUT2D eigenvalue weighted by molar-refractivity contribution is 0.151. The Balaban J connectivity index is 1.36. The molecule has 1 atom stereocenters. The number of alkyl halides is 2. The van der Waals surface area contributed by atoms with E-state index in [1.54, 1.807) is 29.7 Å². The zero-order valence-electron chi connectivity index (χ0n) is 15.6. The molecule has 0 saturated carbocycles. The highest BCUT2D eigenvalue weighted by molar-refractivity contribution is 7.18. The van der Waals surface area contributed by atoms with Crippen molar-refractivity contribution >= 4 is 27.2 Å². The quantitative estimate of drug-likeness (QED) is 0.435. The van der Waals surface area contributed by atoms with Crippen LogP contribution in [0.4, 0.5) is 13.9 Å². The first kappa shape index (κ1) is 19.4. The molecule has 3 N–H and O–H groups in total. The van der Waals surface area contributed by atoms with Gasteiger partial charge in [0.2, 0.25) is 0 Å². The molecular formula is C22H20F2N4S. The van der Waals surface area contributed by atoms with Gasteiger partial charge in [-0.25, -0.2) is 13.8 Å². The zero-order chi connectivity index (χ0) is 20.2. The number of aromatic nitrogens is 2. The molecule has 2 heterocycles.